The Hall–Kier alpha value is -3.67. The van der Waals surface area contributed by atoms with E-state index in [4.69, 9.17) is 5.73 Å². The molecule has 0 aliphatic carbocycles. The van der Waals surface area contributed by atoms with Crippen LogP contribution in [-0.4, -0.2) is 20.5 Å². The van der Waals surface area contributed by atoms with Crippen LogP contribution in [0.3, 0.4) is 0 Å². The second kappa shape index (κ2) is 7.75. The number of fused-ring (bicyclic) bond motifs is 1. The van der Waals surface area contributed by atoms with E-state index in [0.717, 1.165) is 33.7 Å². The maximum Gasteiger partial charge on any atom is 0.224 e. The number of nitrogens with one attached hydrogen (secondary N) is 1. The third-order valence-corrected chi connectivity index (χ3v) is 4.63. The number of aromatic nitrogens is 3. The fourth-order valence-electron chi connectivity index (χ4n) is 3.36. The van der Waals surface area contributed by atoms with E-state index in [-0.39, 0.29) is 5.91 Å². The van der Waals surface area contributed by atoms with Crippen molar-refractivity contribution in [3.8, 4) is 22.4 Å². The molecule has 2 heterocycles. The van der Waals surface area contributed by atoms with E-state index in [1.807, 2.05) is 73.0 Å². The van der Waals surface area contributed by atoms with Gasteiger partial charge in [-0.25, -0.2) is 9.50 Å². The SMILES string of the molecule is CC(C)CC(=O)Nc1cccc(-c2ccnc3c(-c4cccc(N)c4)cnn23)c1. The van der Waals surface area contributed by atoms with Crippen LogP contribution in [0.1, 0.15) is 20.3 Å². The van der Waals surface area contributed by atoms with Crippen LogP contribution in [0.4, 0.5) is 11.4 Å². The van der Waals surface area contributed by atoms with Crippen molar-refractivity contribution in [2.24, 2.45) is 5.92 Å². The number of amides is 1. The minimum atomic E-state index is 0.0140. The summed E-state index contributed by atoms with van der Waals surface area (Å²) in [6.07, 6.45) is 4.06. The Kier molecular flexibility index (Phi) is 4.99. The number of nitrogens with two attached hydrogens (primary N) is 1. The Morgan fingerprint density at radius 3 is 2.69 bits per heavy atom. The van der Waals surface area contributed by atoms with E-state index in [2.05, 4.69) is 15.4 Å². The largest absolute Gasteiger partial charge is 0.399 e. The molecule has 6 nitrogen and oxygen atoms in total. The van der Waals surface area contributed by atoms with Gasteiger partial charge in [-0.2, -0.15) is 5.10 Å². The Balaban J connectivity index is 1.72. The summed E-state index contributed by atoms with van der Waals surface area (Å²) in [6, 6.07) is 17.4. The predicted molar refractivity (Wildman–Crippen MR) is 116 cm³/mol. The standard InChI is InChI=1S/C23H23N5O/c1-15(2)11-22(29)27-19-8-4-6-17(13-19)21-9-10-25-23-20(14-26-28(21)23)16-5-3-7-18(24)12-16/h3-10,12-15H,11,24H2,1-2H3,(H,27,29). The quantitative estimate of drug-likeness (QED) is 0.491. The summed E-state index contributed by atoms with van der Waals surface area (Å²) in [7, 11) is 0. The molecule has 0 aliphatic rings. The van der Waals surface area contributed by atoms with Gasteiger partial charge in [-0.3, -0.25) is 4.79 Å². The van der Waals surface area contributed by atoms with Crippen molar-refractivity contribution in [2.45, 2.75) is 20.3 Å². The molecule has 2 aromatic carbocycles. The predicted octanol–water partition coefficient (Wildman–Crippen LogP) is 4.63. The number of nitrogen functional groups attached to an aromatic ring is 1. The number of hydrogen-bond donors (Lipinski definition) is 2. The molecule has 2 aromatic heterocycles. The molecule has 29 heavy (non-hydrogen) atoms. The molecule has 0 spiro atoms. The second-order valence-corrected chi connectivity index (χ2v) is 7.48. The number of hydrogen-bond acceptors (Lipinski definition) is 4. The van der Waals surface area contributed by atoms with Crippen molar-refractivity contribution in [3.63, 3.8) is 0 Å². The van der Waals surface area contributed by atoms with Gasteiger partial charge >= 0.3 is 0 Å². The zero-order chi connectivity index (χ0) is 20.4. The molecule has 0 atom stereocenters. The van der Waals surface area contributed by atoms with Crippen LogP contribution in [0.2, 0.25) is 0 Å². The lowest BCUT2D eigenvalue weighted by Crippen LogP contribution is -2.13. The summed E-state index contributed by atoms with van der Waals surface area (Å²) in [6.45, 7) is 4.05. The summed E-state index contributed by atoms with van der Waals surface area (Å²) in [5.41, 5.74) is 11.9. The molecule has 0 saturated heterocycles. The van der Waals surface area contributed by atoms with Crippen LogP contribution in [0.25, 0.3) is 28.0 Å². The fraction of sp³-hybridized carbons (Fsp3) is 0.174. The number of rotatable bonds is 5. The van der Waals surface area contributed by atoms with E-state index in [1.54, 1.807) is 12.4 Å². The van der Waals surface area contributed by atoms with Gasteiger partial charge in [0.25, 0.3) is 0 Å². The lowest BCUT2D eigenvalue weighted by Gasteiger charge is -2.10. The van der Waals surface area contributed by atoms with Crippen LogP contribution in [0.5, 0.6) is 0 Å². The van der Waals surface area contributed by atoms with Crippen LogP contribution in [-0.2, 0) is 4.79 Å². The van der Waals surface area contributed by atoms with E-state index in [9.17, 15) is 4.79 Å². The average molecular weight is 385 g/mol. The van der Waals surface area contributed by atoms with Crippen molar-refractivity contribution in [3.05, 3.63) is 67.0 Å². The van der Waals surface area contributed by atoms with Gasteiger partial charge in [-0.15, -0.1) is 0 Å². The second-order valence-electron chi connectivity index (χ2n) is 7.48. The maximum absolute atomic E-state index is 12.1. The minimum Gasteiger partial charge on any atom is -0.399 e. The summed E-state index contributed by atoms with van der Waals surface area (Å²) in [5.74, 6) is 0.326. The average Bonchev–Trinajstić information content (AvgIpc) is 3.11. The number of nitrogens with zero attached hydrogens (tertiary/aromatic N) is 3. The van der Waals surface area contributed by atoms with Crippen molar-refractivity contribution >= 4 is 22.9 Å². The number of anilines is 2. The van der Waals surface area contributed by atoms with Crippen LogP contribution in [0.15, 0.2) is 67.0 Å². The molecule has 3 N–H and O–H groups in total. The molecule has 1 amide bonds. The van der Waals surface area contributed by atoms with Crippen LogP contribution < -0.4 is 11.1 Å². The number of carbonyl (C=O) groups excluding carboxylic acids is 1. The third-order valence-electron chi connectivity index (χ3n) is 4.63. The zero-order valence-electron chi connectivity index (χ0n) is 16.5. The van der Waals surface area contributed by atoms with Gasteiger partial charge in [-0.1, -0.05) is 38.1 Å². The van der Waals surface area contributed by atoms with Gasteiger partial charge in [-0.05, 0) is 41.8 Å². The smallest absolute Gasteiger partial charge is 0.224 e. The zero-order valence-corrected chi connectivity index (χ0v) is 16.5. The molecule has 6 heteroatoms. The Morgan fingerprint density at radius 2 is 1.90 bits per heavy atom. The molecule has 0 unspecified atom stereocenters. The van der Waals surface area contributed by atoms with Gasteiger partial charge < -0.3 is 11.1 Å². The number of benzene rings is 2. The lowest BCUT2D eigenvalue weighted by molar-refractivity contribution is -0.116. The van der Waals surface area contributed by atoms with Gasteiger partial charge in [0.05, 0.1) is 11.9 Å². The van der Waals surface area contributed by atoms with Crippen LogP contribution >= 0.6 is 0 Å². The monoisotopic (exact) mass is 385 g/mol. The fourth-order valence-corrected chi connectivity index (χ4v) is 3.36. The maximum atomic E-state index is 12.1. The molecule has 0 bridgehead atoms. The molecule has 0 aliphatic heterocycles. The minimum absolute atomic E-state index is 0.0140. The van der Waals surface area contributed by atoms with Gasteiger partial charge in [0, 0.05) is 35.1 Å². The molecule has 0 saturated carbocycles. The summed E-state index contributed by atoms with van der Waals surface area (Å²) >= 11 is 0. The van der Waals surface area contributed by atoms with Gasteiger partial charge in [0.2, 0.25) is 5.91 Å². The van der Waals surface area contributed by atoms with Crippen molar-refractivity contribution in [1.29, 1.82) is 0 Å². The molecule has 4 rings (SSSR count). The first-order chi connectivity index (χ1) is 14.0. The van der Waals surface area contributed by atoms with E-state index >= 15 is 0 Å². The van der Waals surface area contributed by atoms with Gasteiger partial charge in [0.1, 0.15) is 0 Å². The van der Waals surface area contributed by atoms with Crippen molar-refractivity contribution < 1.29 is 4.79 Å². The van der Waals surface area contributed by atoms with E-state index in [0.29, 0.717) is 18.0 Å². The van der Waals surface area contributed by atoms with Crippen molar-refractivity contribution in [1.82, 2.24) is 14.6 Å². The first kappa shape index (κ1) is 18.7. The van der Waals surface area contributed by atoms with Gasteiger partial charge in [0.15, 0.2) is 5.65 Å². The lowest BCUT2D eigenvalue weighted by atomic mass is 10.1. The Labute approximate surface area is 169 Å². The third kappa shape index (κ3) is 3.96. The topological polar surface area (TPSA) is 85.3 Å². The number of carbonyl (C=O) groups is 1. The molecule has 0 radical (unpaired) electrons. The highest BCUT2D eigenvalue weighted by atomic mass is 16.1. The molecule has 0 fully saturated rings. The van der Waals surface area contributed by atoms with Crippen molar-refractivity contribution in [2.75, 3.05) is 11.1 Å². The van der Waals surface area contributed by atoms with E-state index in [1.165, 1.54) is 0 Å². The highest BCUT2D eigenvalue weighted by molar-refractivity contribution is 5.91. The summed E-state index contributed by atoms with van der Waals surface area (Å²) in [5, 5.41) is 7.53. The first-order valence-corrected chi connectivity index (χ1v) is 9.60. The Morgan fingerprint density at radius 1 is 1.10 bits per heavy atom. The highest BCUT2D eigenvalue weighted by Gasteiger charge is 2.13. The Bertz CT molecular complexity index is 1180. The molecular weight excluding hydrogens is 362 g/mol. The highest BCUT2D eigenvalue weighted by Crippen LogP contribution is 2.29. The van der Waals surface area contributed by atoms with Crippen LogP contribution in [0, 0.1) is 5.92 Å². The van der Waals surface area contributed by atoms with E-state index < -0.39 is 0 Å². The summed E-state index contributed by atoms with van der Waals surface area (Å²) in [4.78, 5) is 16.6. The first-order valence-electron chi connectivity index (χ1n) is 9.60. The molecular formula is C23H23N5O. The molecule has 146 valence electrons. The summed E-state index contributed by atoms with van der Waals surface area (Å²) < 4.78 is 1.81. The molecule has 4 aromatic rings. The normalized spacial score (nSPS) is 11.1.